The van der Waals surface area contributed by atoms with E-state index in [1.165, 1.54) is 0 Å². The van der Waals surface area contributed by atoms with Crippen molar-refractivity contribution < 1.29 is 4.79 Å². The molecule has 0 radical (unpaired) electrons. The smallest absolute Gasteiger partial charge is 0.251 e. The normalized spacial score (nSPS) is 10.3. The highest BCUT2D eigenvalue weighted by atomic mass is 16.1. The van der Waals surface area contributed by atoms with Gasteiger partial charge in [0.15, 0.2) is 0 Å². The third-order valence-electron chi connectivity index (χ3n) is 3.59. The van der Waals surface area contributed by atoms with Crippen LogP contribution in [0.25, 0.3) is 11.3 Å². The minimum atomic E-state index is -0.0625. The molecule has 2 aromatic heterocycles. The van der Waals surface area contributed by atoms with Crippen molar-refractivity contribution in [2.45, 2.75) is 6.42 Å². The molecule has 3 rings (SSSR count). The number of nitrogens with zero attached hydrogens (tertiary/aromatic N) is 2. The van der Waals surface area contributed by atoms with E-state index in [1.807, 2.05) is 42.5 Å². The molecular formula is C18H19N5O. The lowest BCUT2D eigenvalue weighted by atomic mass is 10.1. The Balaban J connectivity index is 1.42. The van der Waals surface area contributed by atoms with Crippen LogP contribution in [-0.4, -0.2) is 34.2 Å². The van der Waals surface area contributed by atoms with E-state index in [2.05, 4.69) is 25.8 Å². The van der Waals surface area contributed by atoms with Crippen LogP contribution in [0.1, 0.15) is 16.8 Å². The average molecular weight is 321 g/mol. The van der Waals surface area contributed by atoms with Crippen LogP contribution in [0.5, 0.6) is 0 Å². The van der Waals surface area contributed by atoms with Crippen molar-refractivity contribution in [1.29, 1.82) is 0 Å². The van der Waals surface area contributed by atoms with E-state index in [0.717, 1.165) is 29.9 Å². The first kappa shape index (κ1) is 15.7. The molecule has 0 aliphatic rings. The van der Waals surface area contributed by atoms with Crippen molar-refractivity contribution in [2.75, 3.05) is 18.4 Å². The second-order valence-corrected chi connectivity index (χ2v) is 5.33. The number of aromatic nitrogens is 3. The van der Waals surface area contributed by atoms with Crippen LogP contribution in [0.4, 0.5) is 5.69 Å². The molecular weight excluding hydrogens is 302 g/mol. The number of rotatable bonds is 7. The van der Waals surface area contributed by atoms with Crippen LogP contribution >= 0.6 is 0 Å². The Morgan fingerprint density at radius 3 is 2.62 bits per heavy atom. The number of hydrogen-bond acceptors (Lipinski definition) is 4. The minimum Gasteiger partial charge on any atom is -0.384 e. The van der Waals surface area contributed by atoms with E-state index < -0.39 is 0 Å². The molecule has 3 aromatic rings. The van der Waals surface area contributed by atoms with Gasteiger partial charge in [-0.15, -0.1) is 0 Å². The number of hydrogen-bond donors (Lipinski definition) is 3. The second-order valence-electron chi connectivity index (χ2n) is 5.33. The molecule has 0 spiro atoms. The highest BCUT2D eigenvalue weighted by Crippen LogP contribution is 2.16. The van der Waals surface area contributed by atoms with Gasteiger partial charge in [0, 0.05) is 37.2 Å². The Hall–Kier alpha value is -3.15. The Kier molecular flexibility index (Phi) is 5.19. The van der Waals surface area contributed by atoms with Gasteiger partial charge in [0.1, 0.15) is 0 Å². The highest BCUT2D eigenvalue weighted by Gasteiger charge is 2.05. The summed E-state index contributed by atoms with van der Waals surface area (Å²) in [6.45, 7) is 1.40. The zero-order valence-corrected chi connectivity index (χ0v) is 13.2. The van der Waals surface area contributed by atoms with Gasteiger partial charge in [-0.3, -0.25) is 14.9 Å². The molecule has 0 saturated heterocycles. The van der Waals surface area contributed by atoms with Crippen LogP contribution in [-0.2, 0) is 0 Å². The summed E-state index contributed by atoms with van der Waals surface area (Å²) in [5.41, 5.74) is 3.57. The van der Waals surface area contributed by atoms with Crippen LogP contribution in [0.2, 0.25) is 0 Å². The molecule has 2 heterocycles. The average Bonchev–Trinajstić information content (AvgIpc) is 3.17. The molecule has 1 amide bonds. The first-order valence-electron chi connectivity index (χ1n) is 7.85. The Bertz CT molecular complexity index is 754. The van der Waals surface area contributed by atoms with E-state index in [1.54, 1.807) is 18.6 Å². The van der Waals surface area contributed by atoms with Gasteiger partial charge < -0.3 is 10.6 Å². The number of amides is 1. The predicted octanol–water partition coefficient (Wildman–Crippen LogP) is 2.70. The Morgan fingerprint density at radius 2 is 1.92 bits per heavy atom. The fourth-order valence-corrected chi connectivity index (χ4v) is 2.31. The number of H-pyrrole nitrogens is 1. The van der Waals surface area contributed by atoms with Crippen molar-refractivity contribution in [3.8, 4) is 11.3 Å². The van der Waals surface area contributed by atoms with E-state index in [9.17, 15) is 4.79 Å². The van der Waals surface area contributed by atoms with Gasteiger partial charge in [0.2, 0.25) is 0 Å². The molecule has 6 nitrogen and oxygen atoms in total. The largest absolute Gasteiger partial charge is 0.384 e. The number of benzene rings is 1. The maximum absolute atomic E-state index is 12.1. The third-order valence-corrected chi connectivity index (χ3v) is 3.59. The van der Waals surface area contributed by atoms with Crippen LogP contribution in [0.3, 0.4) is 0 Å². The van der Waals surface area contributed by atoms with Gasteiger partial charge in [-0.1, -0.05) is 12.1 Å². The van der Waals surface area contributed by atoms with Crippen molar-refractivity contribution in [1.82, 2.24) is 20.5 Å². The zero-order chi connectivity index (χ0) is 16.6. The molecule has 24 heavy (non-hydrogen) atoms. The maximum atomic E-state index is 12.1. The fourth-order valence-electron chi connectivity index (χ4n) is 2.31. The molecule has 122 valence electrons. The molecule has 1 aromatic carbocycles. The van der Waals surface area contributed by atoms with Crippen LogP contribution in [0, 0.1) is 0 Å². The van der Waals surface area contributed by atoms with E-state index >= 15 is 0 Å². The molecule has 0 fully saturated rings. The number of aromatic amines is 1. The Morgan fingerprint density at radius 1 is 1.04 bits per heavy atom. The van der Waals surface area contributed by atoms with Gasteiger partial charge in [0.25, 0.3) is 5.91 Å². The van der Waals surface area contributed by atoms with E-state index in [-0.39, 0.29) is 5.91 Å². The summed E-state index contributed by atoms with van der Waals surface area (Å²) in [6.07, 6.45) is 6.06. The predicted molar refractivity (Wildman–Crippen MR) is 93.7 cm³/mol. The van der Waals surface area contributed by atoms with Crippen molar-refractivity contribution in [2.24, 2.45) is 0 Å². The first-order valence-corrected chi connectivity index (χ1v) is 7.85. The standard InChI is InChI=1S/C18H19N5O/c24-18(21-11-2-10-20-16-3-1-9-19-13-16)15-6-4-14(5-7-15)17-8-12-22-23-17/h1,3-9,12-13,20H,2,10-11H2,(H,21,24)(H,22,23). The molecule has 0 unspecified atom stereocenters. The summed E-state index contributed by atoms with van der Waals surface area (Å²) in [4.78, 5) is 16.2. The van der Waals surface area contributed by atoms with Crippen molar-refractivity contribution in [3.63, 3.8) is 0 Å². The number of carbonyl (C=O) groups is 1. The summed E-state index contributed by atoms with van der Waals surface area (Å²) in [7, 11) is 0. The number of anilines is 1. The number of nitrogens with one attached hydrogen (secondary N) is 3. The molecule has 3 N–H and O–H groups in total. The summed E-state index contributed by atoms with van der Waals surface area (Å²) in [5.74, 6) is -0.0625. The SMILES string of the molecule is O=C(NCCCNc1cccnc1)c1ccc(-c2ccn[nH]2)cc1. The minimum absolute atomic E-state index is 0.0625. The summed E-state index contributed by atoms with van der Waals surface area (Å²) < 4.78 is 0. The van der Waals surface area contributed by atoms with Crippen LogP contribution in [0.15, 0.2) is 61.1 Å². The summed E-state index contributed by atoms with van der Waals surface area (Å²) in [5, 5.41) is 13.0. The highest BCUT2D eigenvalue weighted by molar-refractivity contribution is 5.94. The Labute approximate surface area is 140 Å². The lowest BCUT2D eigenvalue weighted by molar-refractivity contribution is 0.0953. The molecule has 0 aliphatic carbocycles. The van der Waals surface area contributed by atoms with E-state index in [0.29, 0.717) is 12.1 Å². The molecule has 0 bridgehead atoms. The van der Waals surface area contributed by atoms with Gasteiger partial charge >= 0.3 is 0 Å². The van der Waals surface area contributed by atoms with Crippen molar-refractivity contribution >= 4 is 11.6 Å². The molecule has 0 atom stereocenters. The number of carbonyl (C=O) groups excluding carboxylic acids is 1. The van der Waals surface area contributed by atoms with Crippen LogP contribution < -0.4 is 10.6 Å². The lowest BCUT2D eigenvalue weighted by Gasteiger charge is -2.07. The summed E-state index contributed by atoms with van der Waals surface area (Å²) >= 11 is 0. The van der Waals surface area contributed by atoms with Gasteiger partial charge in [-0.05, 0) is 42.3 Å². The lowest BCUT2D eigenvalue weighted by Crippen LogP contribution is -2.25. The summed E-state index contributed by atoms with van der Waals surface area (Å²) in [6, 6.07) is 13.2. The molecule has 0 aliphatic heterocycles. The van der Waals surface area contributed by atoms with Gasteiger partial charge in [-0.25, -0.2) is 0 Å². The molecule has 0 saturated carbocycles. The second kappa shape index (κ2) is 7.92. The number of pyridine rings is 1. The third kappa shape index (κ3) is 4.19. The van der Waals surface area contributed by atoms with Gasteiger partial charge in [-0.2, -0.15) is 5.10 Å². The maximum Gasteiger partial charge on any atom is 0.251 e. The monoisotopic (exact) mass is 321 g/mol. The zero-order valence-electron chi connectivity index (χ0n) is 13.2. The quantitative estimate of drug-likeness (QED) is 0.584. The van der Waals surface area contributed by atoms with E-state index in [4.69, 9.17) is 0 Å². The van der Waals surface area contributed by atoms with Crippen molar-refractivity contribution in [3.05, 3.63) is 66.6 Å². The fraction of sp³-hybridized carbons (Fsp3) is 0.167. The molecule has 6 heteroatoms. The first-order chi connectivity index (χ1) is 11.8. The van der Waals surface area contributed by atoms with Gasteiger partial charge in [0.05, 0.1) is 11.4 Å². The topological polar surface area (TPSA) is 82.7 Å².